The standard InChI is InChI=1S/C24H20FN3O4/c1-15(27-23(29)24(30)31)22(16-5-3-2-4-6-16)32-20-11-12-21-17(13-20)14-26-28(21)19-9-7-18(25)8-10-19/h2-15,22H,1H3,(H,27,29)(H,30,31)/t15-,22+/m0/s1. The van der Waals surface area contributed by atoms with Gasteiger partial charge in [-0.3, -0.25) is 4.79 Å². The number of aromatic nitrogens is 2. The van der Waals surface area contributed by atoms with Crippen molar-refractivity contribution in [1.82, 2.24) is 15.1 Å². The number of carboxylic acids is 1. The Labute approximate surface area is 183 Å². The molecule has 8 heteroatoms. The molecule has 0 aliphatic carbocycles. The first-order valence-corrected chi connectivity index (χ1v) is 9.91. The summed E-state index contributed by atoms with van der Waals surface area (Å²) < 4.78 is 21.1. The SMILES string of the molecule is C[C@H](NC(=O)C(=O)O)[C@@H](Oc1ccc2c(cnn2-c2ccc(F)cc2)c1)c1ccccc1. The number of nitrogens with zero attached hydrogens (tertiary/aromatic N) is 2. The summed E-state index contributed by atoms with van der Waals surface area (Å²) in [5, 5.41) is 16.6. The molecule has 0 unspecified atom stereocenters. The Morgan fingerprint density at radius 3 is 2.47 bits per heavy atom. The average molecular weight is 433 g/mol. The highest BCUT2D eigenvalue weighted by Gasteiger charge is 2.25. The van der Waals surface area contributed by atoms with Gasteiger partial charge in [0.05, 0.1) is 23.4 Å². The van der Waals surface area contributed by atoms with Gasteiger partial charge in [0.1, 0.15) is 17.7 Å². The van der Waals surface area contributed by atoms with E-state index in [1.54, 1.807) is 36.0 Å². The van der Waals surface area contributed by atoms with E-state index < -0.39 is 24.0 Å². The zero-order valence-corrected chi connectivity index (χ0v) is 17.1. The maximum Gasteiger partial charge on any atom is 0.394 e. The third-order valence-electron chi connectivity index (χ3n) is 5.01. The molecule has 4 aromatic rings. The Morgan fingerprint density at radius 2 is 1.78 bits per heavy atom. The van der Waals surface area contributed by atoms with Crippen LogP contribution in [-0.4, -0.2) is 32.8 Å². The van der Waals surface area contributed by atoms with Gasteiger partial charge in [0.2, 0.25) is 0 Å². The Balaban J connectivity index is 1.63. The minimum atomic E-state index is -1.56. The van der Waals surface area contributed by atoms with Gasteiger partial charge in [-0.25, -0.2) is 13.9 Å². The normalized spacial score (nSPS) is 12.8. The quantitative estimate of drug-likeness (QED) is 0.450. The first-order chi connectivity index (χ1) is 15.4. The fraction of sp³-hybridized carbons (Fsp3) is 0.125. The molecule has 0 saturated heterocycles. The lowest BCUT2D eigenvalue weighted by atomic mass is 10.0. The van der Waals surface area contributed by atoms with Crippen LogP contribution in [0.25, 0.3) is 16.6 Å². The number of amides is 1. The minimum absolute atomic E-state index is 0.322. The number of carboxylic acid groups (broad SMARTS) is 1. The number of carbonyl (C=O) groups excluding carboxylic acids is 1. The van der Waals surface area contributed by atoms with Crippen molar-refractivity contribution in [2.75, 3.05) is 0 Å². The van der Waals surface area contributed by atoms with Gasteiger partial charge in [-0.1, -0.05) is 30.3 Å². The van der Waals surface area contributed by atoms with E-state index >= 15 is 0 Å². The van der Waals surface area contributed by atoms with E-state index in [1.165, 1.54) is 12.1 Å². The largest absolute Gasteiger partial charge is 0.484 e. The van der Waals surface area contributed by atoms with Crippen LogP contribution >= 0.6 is 0 Å². The second kappa shape index (κ2) is 8.89. The molecule has 4 rings (SSSR count). The van der Waals surface area contributed by atoms with Crippen LogP contribution in [0.1, 0.15) is 18.6 Å². The van der Waals surface area contributed by atoms with Gasteiger partial charge in [0.25, 0.3) is 0 Å². The van der Waals surface area contributed by atoms with Crippen LogP contribution < -0.4 is 10.1 Å². The predicted molar refractivity (Wildman–Crippen MR) is 116 cm³/mol. The van der Waals surface area contributed by atoms with Crippen LogP contribution in [0, 0.1) is 5.82 Å². The lowest BCUT2D eigenvalue weighted by Gasteiger charge is -2.26. The van der Waals surface area contributed by atoms with Crippen molar-refractivity contribution in [3.05, 3.63) is 90.4 Å². The van der Waals surface area contributed by atoms with E-state index in [4.69, 9.17) is 9.84 Å². The molecule has 2 atom stereocenters. The first-order valence-electron chi connectivity index (χ1n) is 9.91. The van der Waals surface area contributed by atoms with E-state index in [0.29, 0.717) is 5.75 Å². The molecule has 0 saturated carbocycles. The molecule has 3 aromatic carbocycles. The molecule has 162 valence electrons. The molecule has 1 heterocycles. The van der Waals surface area contributed by atoms with E-state index in [2.05, 4.69) is 10.4 Å². The van der Waals surface area contributed by atoms with Crippen molar-refractivity contribution in [2.24, 2.45) is 0 Å². The number of hydrogen-bond donors (Lipinski definition) is 2. The Morgan fingerprint density at radius 1 is 1.06 bits per heavy atom. The molecule has 0 aliphatic rings. The summed E-state index contributed by atoms with van der Waals surface area (Å²) in [4.78, 5) is 22.6. The van der Waals surface area contributed by atoms with E-state index in [9.17, 15) is 14.0 Å². The number of rotatable bonds is 6. The number of aliphatic carboxylic acids is 1. The molecule has 0 radical (unpaired) electrons. The monoisotopic (exact) mass is 433 g/mol. The van der Waals surface area contributed by atoms with Crippen molar-refractivity contribution in [2.45, 2.75) is 19.1 Å². The number of benzene rings is 3. The summed E-state index contributed by atoms with van der Waals surface area (Å²) in [5.41, 5.74) is 2.32. The van der Waals surface area contributed by atoms with Gasteiger partial charge in [-0.2, -0.15) is 5.10 Å². The summed E-state index contributed by atoms with van der Waals surface area (Å²) in [7, 11) is 0. The summed E-state index contributed by atoms with van der Waals surface area (Å²) in [6.07, 6.45) is 1.06. The molecule has 2 N–H and O–H groups in total. The average Bonchev–Trinajstić information content (AvgIpc) is 3.21. The number of carbonyl (C=O) groups is 2. The molecule has 0 fully saturated rings. The Hall–Kier alpha value is -4.20. The molecule has 7 nitrogen and oxygen atoms in total. The van der Waals surface area contributed by atoms with Crippen LogP contribution in [0.5, 0.6) is 5.75 Å². The third kappa shape index (κ3) is 4.44. The van der Waals surface area contributed by atoms with Crippen LogP contribution in [0.3, 0.4) is 0 Å². The number of nitrogens with one attached hydrogen (secondary N) is 1. The van der Waals surface area contributed by atoms with Crippen molar-refractivity contribution >= 4 is 22.8 Å². The van der Waals surface area contributed by atoms with Gasteiger partial charge in [0, 0.05) is 5.39 Å². The van der Waals surface area contributed by atoms with Gasteiger partial charge in [-0.15, -0.1) is 0 Å². The van der Waals surface area contributed by atoms with E-state index in [-0.39, 0.29) is 5.82 Å². The highest BCUT2D eigenvalue weighted by Crippen LogP contribution is 2.29. The second-order valence-corrected chi connectivity index (χ2v) is 7.27. The molecule has 1 aromatic heterocycles. The maximum atomic E-state index is 13.2. The molecular formula is C24H20FN3O4. The van der Waals surface area contributed by atoms with Crippen LogP contribution in [0.15, 0.2) is 79.0 Å². The number of hydrogen-bond acceptors (Lipinski definition) is 4. The highest BCUT2D eigenvalue weighted by atomic mass is 19.1. The fourth-order valence-electron chi connectivity index (χ4n) is 3.46. The molecule has 1 amide bonds. The summed E-state index contributed by atoms with van der Waals surface area (Å²) in [6, 6.07) is 20.1. The lowest BCUT2D eigenvalue weighted by Crippen LogP contribution is -2.42. The molecule has 0 spiro atoms. The summed E-state index contributed by atoms with van der Waals surface area (Å²) >= 11 is 0. The van der Waals surface area contributed by atoms with Gasteiger partial charge in [-0.05, 0) is 55.0 Å². The smallest absolute Gasteiger partial charge is 0.394 e. The molecule has 32 heavy (non-hydrogen) atoms. The molecule has 0 bridgehead atoms. The lowest BCUT2D eigenvalue weighted by molar-refractivity contribution is -0.150. The van der Waals surface area contributed by atoms with Crippen molar-refractivity contribution in [3.63, 3.8) is 0 Å². The van der Waals surface area contributed by atoms with E-state index in [1.807, 2.05) is 42.5 Å². The minimum Gasteiger partial charge on any atom is -0.484 e. The highest BCUT2D eigenvalue weighted by molar-refractivity contribution is 6.31. The number of fused-ring (bicyclic) bond motifs is 1. The van der Waals surface area contributed by atoms with E-state index in [0.717, 1.165) is 22.2 Å². The zero-order valence-electron chi connectivity index (χ0n) is 17.1. The topological polar surface area (TPSA) is 93.5 Å². The summed E-state index contributed by atoms with van der Waals surface area (Å²) in [5.74, 6) is -2.45. The predicted octanol–water partition coefficient (Wildman–Crippen LogP) is 3.87. The Kier molecular flexibility index (Phi) is 5.85. The van der Waals surface area contributed by atoms with Gasteiger partial charge in [0.15, 0.2) is 0 Å². The van der Waals surface area contributed by atoms with Crippen molar-refractivity contribution < 1.29 is 23.8 Å². The maximum absolute atomic E-state index is 13.2. The second-order valence-electron chi connectivity index (χ2n) is 7.27. The Bertz CT molecular complexity index is 1260. The molecular weight excluding hydrogens is 413 g/mol. The summed E-state index contributed by atoms with van der Waals surface area (Å²) in [6.45, 7) is 1.68. The zero-order chi connectivity index (χ0) is 22.7. The fourth-order valence-corrected chi connectivity index (χ4v) is 3.46. The van der Waals surface area contributed by atoms with Gasteiger partial charge < -0.3 is 15.2 Å². The number of ether oxygens (including phenoxy) is 1. The van der Waals surface area contributed by atoms with Crippen LogP contribution in [-0.2, 0) is 9.59 Å². The van der Waals surface area contributed by atoms with Crippen LogP contribution in [0.2, 0.25) is 0 Å². The number of halogens is 1. The molecule has 0 aliphatic heterocycles. The van der Waals surface area contributed by atoms with Crippen molar-refractivity contribution in [1.29, 1.82) is 0 Å². The van der Waals surface area contributed by atoms with Crippen LogP contribution in [0.4, 0.5) is 4.39 Å². The van der Waals surface area contributed by atoms with Gasteiger partial charge >= 0.3 is 11.9 Å². The third-order valence-corrected chi connectivity index (χ3v) is 5.01. The van der Waals surface area contributed by atoms with Crippen molar-refractivity contribution in [3.8, 4) is 11.4 Å². The first kappa shape index (κ1) is 21.0.